The Hall–Kier alpha value is -1.97. The van der Waals surface area contributed by atoms with Crippen molar-refractivity contribution in [3.05, 3.63) is 29.8 Å². The summed E-state index contributed by atoms with van der Waals surface area (Å²) in [5.74, 6) is -1.01. The van der Waals surface area contributed by atoms with Crippen LogP contribution in [0.5, 0.6) is 5.88 Å². The molecule has 3 N–H and O–H groups in total. The predicted molar refractivity (Wildman–Crippen MR) is 60.6 cm³/mol. The number of para-hydroxylation sites is 1. The van der Waals surface area contributed by atoms with Crippen molar-refractivity contribution in [2.45, 2.75) is 19.3 Å². The quantitative estimate of drug-likeness (QED) is 0.742. The first-order valence-corrected chi connectivity index (χ1v) is 5.11. The molecule has 0 aliphatic rings. The lowest BCUT2D eigenvalue weighted by molar-refractivity contribution is -0.137. The topological polar surface area (TPSA) is 73.3 Å². The van der Waals surface area contributed by atoms with E-state index in [4.69, 9.17) is 5.11 Å². The third kappa shape index (κ3) is 1.74. The summed E-state index contributed by atoms with van der Waals surface area (Å²) < 4.78 is 0. The van der Waals surface area contributed by atoms with Gasteiger partial charge in [0.1, 0.15) is 0 Å². The zero-order valence-electron chi connectivity index (χ0n) is 8.90. The Kier molecular flexibility index (Phi) is 2.56. The number of aromatic hydroxyl groups is 1. The number of aromatic nitrogens is 1. The number of nitrogens with one attached hydrogen (secondary N) is 1. The minimum absolute atomic E-state index is 0.00933. The average molecular weight is 219 g/mol. The van der Waals surface area contributed by atoms with E-state index in [0.717, 1.165) is 10.9 Å². The van der Waals surface area contributed by atoms with Crippen molar-refractivity contribution < 1.29 is 15.0 Å². The third-order valence-electron chi connectivity index (χ3n) is 2.70. The molecule has 16 heavy (non-hydrogen) atoms. The largest absolute Gasteiger partial charge is 0.494 e. The molecule has 0 spiro atoms. The van der Waals surface area contributed by atoms with Crippen LogP contribution in [-0.4, -0.2) is 21.2 Å². The summed E-state index contributed by atoms with van der Waals surface area (Å²) in [5.41, 5.74) is 1.50. The number of benzene rings is 1. The molecule has 0 bridgehead atoms. The van der Waals surface area contributed by atoms with Gasteiger partial charge >= 0.3 is 5.97 Å². The van der Waals surface area contributed by atoms with Gasteiger partial charge in [-0.2, -0.15) is 0 Å². The second kappa shape index (κ2) is 3.89. The Morgan fingerprint density at radius 3 is 2.81 bits per heavy atom. The van der Waals surface area contributed by atoms with E-state index in [9.17, 15) is 9.90 Å². The van der Waals surface area contributed by atoms with Crippen molar-refractivity contribution in [3.63, 3.8) is 0 Å². The van der Waals surface area contributed by atoms with Crippen LogP contribution in [0.3, 0.4) is 0 Å². The molecule has 0 saturated carbocycles. The van der Waals surface area contributed by atoms with Crippen LogP contribution in [0.2, 0.25) is 0 Å². The van der Waals surface area contributed by atoms with Crippen LogP contribution in [0.25, 0.3) is 10.9 Å². The molecule has 0 aliphatic carbocycles. The molecule has 0 radical (unpaired) electrons. The van der Waals surface area contributed by atoms with Crippen LogP contribution < -0.4 is 0 Å². The van der Waals surface area contributed by atoms with Crippen molar-refractivity contribution in [2.75, 3.05) is 0 Å². The number of rotatable bonds is 3. The molecule has 84 valence electrons. The Balaban J connectivity index is 2.50. The first-order valence-electron chi connectivity index (χ1n) is 5.11. The molecule has 0 aliphatic heterocycles. The lowest BCUT2D eigenvalue weighted by Crippen LogP contribution is -2.02. The Morgan fingerprint density at radius 1 is 1.44 bits per heavy atom. The number of fused-ring (bicyclic) bond motifs is 1. The van der Waals surface area contributed by atoms with Gasteiger partial charge in [-0.3, -0.25) is 4.79 Å². The smallest absolute Gasteiger partial charge is 0.303 e. The molecule has 1 unspecified atom stereocenters. The van der Waals surface area contributed by atoms with Gasteiger partial charge in [-0.25, -0.2) is 0 Å². The van der Waals surface area contributed by atoms with Gasteiger partial charge in [0.15, 0.2) is 5.88 Å². The Bertz CT molecular complexity index is 530. The summed E-state index contributed by atoms with van der Waals surface area (Å²) in [7, 11) is 0. The van der Waals surface area contributed by atoms with Crippen molar-refractivity contribution in [1.29, 1.82) is 0 Å². The van der Waals surface area contributed by atoms with Gasteiger partial charge in [0.2, 0.25) is 0 Å². The van der Waals surface area contributed by atoms with E-state index in [0.29, 0.717) is 5.56 Å². The molecule has 4 nitrogen and oxygen atoms in total. The highest BCUT2D eigenvalue weighted by Crippen LogP contribution is 2.34. The molecule has 0 fully saturated rings. The molecule has 1 heterocycles. The van der Waals surface area contributed by atoms with Crippen molar-refractivity contribution in [2.24, 2.45) is 0 Å². The molecule has 2 rings (SSSR count). The lowest BCUT2D eigenvalue weighted by atomic mass is 9.97. The molecular formula is C12H13NO3. The second-order valence-electron chi connectivity index (χ2n) is 3.93. The van der Waals surface area contributed by atoms with E-state index in [2.05, 4.69) is 4.98 Å². The highest BCUT2D eigenvalue weighted by Gasteiger charge is 2.18. The number of hydrogen-bond acceptors (Lipinski definition) is 2. The summed E-state index contributed by atoms with van der Waals surface area (Å²) in [6.07, 6.45) is 0.00933. The highest BCUT2D eigenvalue weighted by atomic mass is 16.4. The highest BCUT2D eigenvalue weighted by molar-refractivity contribution is 5.87. The molecule has 1 aromatic carbocycles. The maximum absolute atomic E-state index is 10.7. The summed E-state index contributed by atoms with van der Waals surface area (Å²) in [6.45, 7) is 1.80. The Morgan fingerprint density at radius 2 is 2.12 bits per heavy atom. The van der Waals surface area contributed by atoms with E-state index in [1.165, 1.54) is 0 Å². The van der Waals surface area contributed by atoms with Crippen molar-refractivity contribution in [3.8, 4) is 5.88 Å². The molecule has 1 atom stereocenters. The standard InChI is InChI=1S/C12H13NO3/c1-7(6-10(14)15)11-8-4-2-3-5-9(8)13-12(11)16/h2-5,7,13,16H,6H2,1H3,(H,14,15). The lowest BCUT2D eigenvalue weighted by Gasteiger charge is -2.07. The van der Waals surface area contributed by atoms with Gasteiger partial charge in [0.05, 0.1) is 6.42 Å². The maximum Gasteiger partial charge on any atom is 0.303 e. The predicted octanol–water partition coefficient (Wildman–Crippen LogP) is 2.45. The first-order chi connectivity index (χ1) is 7.59. The first kappa shape index (κ1) is 10.5. The van der Waals surface area contributed by atoms with Gasteiger partial charge in [0, 0.05) is 16.5 Å². The van der Waals surface area contributed by atoms with E-state index in [1.54, 1.807) is 6.92 Å². The molecule has 2 aromatic rings. The maximum atomic E-state index is 10.7. The second-order valence-corrected chi connectivity index (χ2v) is 3.93. The number of carboxylic acid groups (broad SMARTS) is 1. The van der Waals surface area contributed by atoms with Crippen LogP contribution in [0, 0.1) is 0 Å². The fourth-order valence-corrected chi connectivity index (χ4v) is 2.01. The summed E-state index contributed by atoms with van der Waals surface area (Å²) in [4.78, 5) is 13.5. The van der Waals surface area contributed by atoms with Crippen LogP contribution in [0.1, 0.15) is 24.8 Å². The molecule has 0 amide bonds. The van der Waals surface area contributed by atoms with E-state index in [-0.39, 0.29) is 18.2 Å². The van der Waals surface area contributed by atoms with Crippen LogP contribution >= 0.6 is 0 Å². The zero-order chi connectivity index (χ0) is 11.7. The van der Waals surface area contributed by atoms with Crippen LogP contribution in [-0.2, 0) is 4.79 Å². The van der Waals surface area contributed by atoms with E-state index < -0.39 is 5.97 Å². The van der Waals surface area contributed by atoms with E-state index >= 15 is 0 Å². The number of hydrogen-bond donors (Lipinski definition) is 3. The number of carbonyl (C=O) groups is 1. The van der Waals surface area contributed by atoms with Gasteiger partial charge in [-0.1, -0.05) is 25.1 Å². The van der Waals surface area contributed by atoms with E-state index in [1.807, 2.05) is 24.3 Å². The van der Waals surface area contributed by atoms with Crippen LogP contribution in [0.15, 0.2) is 24.3 Å². The summed E-state index contributed by atoms with van der Waals surface area (Å²) >= 11 is 0. The summed E-state index contributed by atoms with van der Waals surface area (Å²) in [6, 6.07) is 7.46. The molecular weight excluding hydrogens is 206 g/mol. The van der Waals surface area contributed by atoms with Gasteiger partial charge in [-0.05, 0) is 12.0 Å². The molecule has 4 heteroatoms. The molecule has 0 saturated heterocycles. The normalized spacial score (nSPS) is 12.8. The number of H-pyrrole nitrogens is 1. The summed E-state index contributed by atoms with van der Waals surface area (Å²) in [5, 5.41) is 19.4. The minimum atomic E-state index is -0.864. The van der Waals surface area contributed by atoms with Gasteiger partial charge in [0.25, 0.3) is 0 Å². The number of aromatic amines is 1. The minimum Gasteiger partial charge on any atom is -0.494 e. The molecule has 1 aromatic heterocycles. The number of carboxylic acids is 1. The average Bonchev–Trinajstić information content (AvgIpc) is 2.52. The van der Waals surface area contributed by atoms with Crippen molar-refractivity contribution in [1.82, 2.24) is 4.98 Å². The van der Waals surface area contributed by atoms with Crippen molar-refractivity contribution >= 4 is 16.9 Å². The fraction of sp³-hybridized carbons (Fsp3) is 0.250. The van der Waals surface area contributed by atoms with Gasteiger partial charge < -0.3 is 15.2 Å². The number of aliphatic carboxylic acids is 1. The van der Waals surface area contributed by atoms with Gasteiger partial charge in [-0.15, -0.1) is 0 Å². The zero-order valence-corrected chi connectivity index (χ0v) is 8.90. The monoisotopic (exact) mass is 219 g/mol. The SMILES string of the molecule is CC(CC(=O)O)c1c(O)[nH]c2ccccc12. The third-order valence-corrected chi connectivity index (χ3v) is 2.70. The van der Waals surface area contributed by atoms with Crippen LogP contribution in [0.4, 0.5) is 0 Å². The fourth-order valence-electron chi connectivity index (χ4n) is 2.01. The Labute approximate surface area is 92.5 Å².